The fraction of sp³-hybridized carbons (Fsp3) is 0.846. The number of nitrogens with zero attached hydrogens (tertiary/aromatic N) is 2. The molecular weight excluding hydrogens is 230 g/mol. The normalized spacial score (nSPS) is 36.3. The van der Waals surface area contributed by atoms with Gasteiger partial charge in [0, 0.05) is 12.5 Å². The van der Waals surface area contributed by atoms with Crippen molar-refractivity contribution in [3.63, 3.8) is 0 Å². The van der Waals surface area contributed by atoms with Gasteiger partial charge in [-0.1, -0.05) is 18.5 Å². The summed E-state index contributed by atoms with van der Waals surface area (Å²) in [7, 11) is 0. The minimum absolute atomic E-state index is 0.0321. The highest BCUT2D eigenvalue weighted by atomic mass is 16.5. The van der Waals surface area contributed by atoms with Crippen molar-refractivity contribution in [2.45, 2.75) is 57.1 Å². The molecule has 4 atom stereocenters. The van der Waals surface area contributed by atoms with Gasteiger partial charge in [-0.2, -0.15) is 4.98 Å². The number of β-amino-alcohol motifs (C(OH)–C–C–N with tert-alkyl or cyclic N) is 1. The lowest BCUT2D eigenvalue weighted by molar-refractivity contribution is 0.191. The largest absolute Gasteiger partial charge is 0.392 e. The summed E-state index contributed by atoms with van der Waals surface area (Å²) in [6.45, 7) is 2.86. The van der Waals surface area contributed by atoms with Crippen molar-refractivity contribution in [2.75, 3.05) is 6.54 Å². The van der Waals surface area contributed by atoms with Gasteiger partial charge < -0.3 is 14.9 Å². The highest BCUT2D eigenvalue weighted by Crippen LogP contribution is 2.38. The second kappa shape index (κ2) is 4.97. The fourth-order valence-corrected chi connectivity index (χ4v) is 3.14. The Labute approximate surface area is 107 Å². The predicted octanol–water partition coefficient (Wildman–Crippen LogP) is 1.76. The summed E-state index contributed by atoms with van der Waals surface area (Å²) in [6.07, 6.45) is 5.28. The van der Waals surface area contributed by atoms with Crippen LogP contribution in [0.1, 0.15) is 62.7 Å². The fourth-order valence-electron chi connectivity index (χ4n) is 3.14. The molecule has 0 radical (unpaired) electrons. The first-order valence-electron chi connectivity index (χ1n) is 7.01. The Morgan fingerprint density at radius 2 is 2.28 bits per heavy atom. The van der Waals surface area contributed by atoms with Gasteiger partial charge in [-0.3, -0.25) is 0 Å². The quantitative estimate of drug-likeness (QED) is 0.856. The van der Waals surface area contributed by atoms with Crippen molar-refractivity contribution < 1.29 is 9.63 Å². The highest BCUT2D eigenvalue weighted by Gasteiger charge is 2.31. The number of hydrogen-bond donors (Lipinski definition) is 2. The number of aromatic nitrogens is 2. The molecule has 3 rings (SSSR count). The van der Waals surface area contributed by atoms with Gasteiger partial charge in [0.1, 0.15) is 0 Å². The summed E-state index contributed by atoms with van der Waals surface area (Å²) in [5, 5.41) is 16.8. The van der Waals surface area contributed by atoms with E-state index in [0.29, 0.717) is 24.8 Å². The van der Waals surface area contributed by atoms with Gasteiger partial charge in [-0.15, -0.1) is 0 Å². The monoisotopic (exact) mass is 251 g/mol. The van der Waals surface area contributed by atoms with Gasteiger partial charge in [0.05, 0.1) is 12.1 Å². The van der Waals surface area contributed by atoms with Crippen LogP contribution in [0.4, 0.5) is 0 Å². The SMILES string of the molecule is CCC1CCC(c2noc([C@@H]3C[C@H](O)CN3)n2)C1. The number of nitrogens with one attached hydrogen (secondary N) is 1. The van der Waals surface area contributed by atoms with Crippen LogP contribution in [-0.2, 0) is 0 Å². The zero-order valence-corrected chi connectivity index (χ0v) is 10.8. The zero-order valence-electron chi connectivity index (χ0n) is 10.8. The third kappa shape index (κ3) is 2.29. The van der Waals surface area contributed by atoms with Gasteiger partial charge >= 0.3 is 0 Å². The van der Waals surface area contributed by atoms with E-state index in [9.17, 15) is 5.11 Å². The molecular formula is C13H21N3O2. The lowest BCUT2D eigenvalue weighted by Gasteiger charge is -2.05. The van der Waals surface area contributed by atoms with E-state index in [1.165, 1.54) is 25.7 Å². The molecule has 0 amide bonds. The zero-order chi connectivity index (χ0) is 12.5. The molecule has 2 N–H and O–H groups in total. The molecule has 2 aliphatic rings. The molecule has 2 fully saturated rings. The molecule has 1 aliphatic carbocycles. The average molecular weight is 251 g/mol. The van der Waals surface area contributed by atoms with Crippen LogP contribution in [0.3, 0.4) is 0 Å². The van der Waals surface area contributed by atoms with Crippen LogP contribution >= 0.6 is 0 Å². The van der Waals surface area contributed by atoms with Crippen LogP contribution < -0.4 is 5.32 Å². The first kappa shape index (κ1) is 12.1. The van der Waals surface area contributed by atoms with Crippen LogP contribution in [0.15, 0.2) is 4.52 Å². The number of rotatable bonds is 3. The Morgan fingerprint density at radius 1 is 1.39 bits per heavy atom. The number of aliphatic hydroxyl groups is 1. The molecule has 1 aromatic heterocycles. The van der Waals surface area contributed by atoms with Crippen LogP contribution in [0.25, 0.3) is 0 Å². The molecule has 1 saturated carbocycles. The van der Waals surface area contributed by atoms with Crippen molar-refractivity contribution in [1.29, 1.82) is 0 Å². The Hall–Kier alpha value is -0.940. The van der Waals surface area contributed by atoms with Gasteiger partial charge in [0.2, 0.25) is 5.89 Å². The first-order valence-corrected chi connectivity index (χ1v) is 7.01. The van der Waals surface area contributed by atoms with Crippen molar-refractivity contribution in [2.24, 2.45) is 5.92 Å². The van der Waals surface area contributed by atoms with Crippen LogP contribution in [-0.4, -0.2) is 27.9 Å². The number of hydrogen-bond acceptors (Lipinski definition) is 5. The first-order chi connectivity index (χ1) is 8.76. The summed E-state index contributed by atoms with van der Waals surface area (Å²) >= 11 is 0. The minimum atomic E-state index is -0.290. The topological polar surface area (TPSA) is 71.2 Å². The Kier molecular flexibility index (Phi) is 3.35. The highest BCUT2D eigenvalue weighted by molar-refractivity contribution is 5.03. The van der Waals surface area contributed by atoms with Crippen molar-refractivity contribution in [1.82, 2.24) is 15.5 Å². The summed E-state index contributed by atoms with van der Waals surface area (Å²) in [4.78, 5) is 4.53. The van der Waals surface area contributed by atoms with Gasteiger partial charge in [0.25, 0.3) is 0 Å². The smallest absolute Gasteiger partial charge is 0.243 e. The minimum Gasteiger partial charge on any atom is -0.392 e. The van der Waals surface area contributed by atoms with E-state index < -0.39 is 0 Å². The molecule has 2 unspecified atom stereocenters. The van der Waals surface area contributed by atoms with E-state index >= 15 is 0 Å². The number of aliphatic hydroxyl groups excluding tert-OH is 1. The van der Waals surface area contributed by atoms with E-state index in [4.69, 9.17) is 4.52 Å². The molecule has 5 nitrogen and oxygen atoms in total. The predicted molar refractivity (Wildman–Crippen MR) is 66.0 cm³/mol. The molecule has 5 heteroatoms. The Morgan fingerprint density at radius 3 is 2.94 bits per heavy atom. The molecule has 0 spiro atoms. The molecule has 18 heavy (non-hydrogen) atoms. The molecule has 0 bridgehead atoms. The van der Waals surface area contributed by atoms with Crippen LogP contribution in [0.5, 0.6) is 0 Å². The summed E-state index contributed by atoms with van der Waals surface area (Å²) in [5.74, 6) is 2.80. The second-order valence-corrected chi connectivity index (χ2v) is 5.63. The van der Waals surface area contributed by atoms with Crippen LogP contribution in [0.2, 0.25) is 0 Å². The average Bonchev–Trinajstić information content (AvgIpc) is 3.07. The van der Waals surface area contributed by atoms with E-state index in [1.54, 1.807) is 0 Å². The van der Waals surface area contributed by atoms with Crippen LogP contribution in [0, 0.1) is 5.92 Å². The van der Waals surface area contributed by atoms with Gasteiger partial charge in [-0.25, -0.2) is 0 Å². The molecule has 1 aliphatic heterocycles. The third-order valence-electron chi connectivity index (χ3n) is 4.35. The maximum atomic E-state index is 9.49. The lowest BCUT2D eigenvalue weighted by atomic mass is 10.0. The molecule has 0 aromatic carbocycles. The van der Waals surface area contributed by atoms with Crippen molar-refractivity contribution in [3.05, 3.63) is 11.7 Å². The molecule has 2 heterocycles. The van der Waals surface area contributed by atoms with Gasteiger partial charge in [-0.05, 0) is 31.6 Å². The second-order valence-electron chi connectivity index (χ2n) is 5.63. The maximum absolute atomic E-state index is 9.49. The third-order valence-corrected chi connectivity index (χ3v) is 4.35. The standard InChI is InChI=1S/C13H21N3O2/c1-2-8-3-4-9(5-8)12-15-13(18-16-12)11-6-10(17)7-14-11/h8-11,14,17H,2-7H2,1H3/t8?,9?,10-,11-/m0/s1. The maximum Gasteiger partial charge on any atom is 0.243 e. The van der Waals surface area contributed by atoms with E-state index in [2.05, 4.69) is 22.4 Å². The van der Waals surface area contributed by atoms with E-state index in [-0.39, 0.29) is 12.1 Å². The Bertz CT molecular complexity index is 407. The summed E-state index contributed by atoms with van der Waals surface area (Å²) in [6, 6.07) is 0.0321. The van der Waals surface area contributed by atoms with E-state index in [0.717, 1.165) is 11.7 Å². The lowest BCUT2D eigenvalue weighted by Crippen LogP contribution is -2.15. The van der Waals surface area contributed by atoms with Gasteiger partial charge in [0.15, 0.2) is 5.82 Å². The van der Waals surface area contributed by atoms with Crippen molar-refractivity contribution >= 4 is 0 Å². The molecule has 1 aromatic rings. The van der Waals surface area contributed by atoms with Crippen molar-refractivity contribution in [3.8, 4) is 0 Å². The molecule has 1 saturated heterocycles. The van der Waals surface area contributed by atoms with E-state index in [1.807, 2.05) is 0 Å². The molecule has 100 valence electrons. The Balaban J connectivity index is 1.66. The summed E-state index contributed by atoms with van der Waals surface area (Å²) in [5.41, 5.74) is 0. The summed E-state index contributed by atoms with van der Waals surface area (Å²) < 4.78 is 5.34.